The Hall–Kier alpha value is 0.570. The molecule has 2 unspecified atom stereocenters. The zero-order chi connectivity index (χ0) is 13.6. The zero-order valence-electron chi connectivity index (χ0n) is 12.4. The molecule has 0 aliphatic carbocycles. The van der Waals surface area contributed by atoms with E-state index in [1.807, 2.05) is 6.66 Å². The molecule has 0 radical (unpaired) electrons. The highest BCUT2D eigenvalue weighted by Crippen LogP contribution is 2.48. The third kappa shape index (κ3) is 10.2. The normalized spacial score (nSPS) is 19.4. The number of hydrogen-bond donors (Lipinski definition) is 0. The molecule has 0 saturated heterocycles. The van der Waals surface area contributed by atoms with E-state index in [1.165, 1.54) is 0 Å². The Labute approximate surface area is 113 Å². The van der Waals surface area contributed by atoms with Crippen LogP contribution in [0.25, 0.3) is 0 Å². The lowest BCUT2D eigenvalue weighted by atomic mass is 10.1. The molecule has 0 aromatic heterocycles. The highest BCUT2D eigenvalue weighted by atomic mass is 32.5. The Kier molecular flexibility index (Phi) is 8.15. The average molecular weight is 280 g/mol. The minimum Gasteiger partial charge on any atom is -0.326 e. The number of rotatable bonds is 8. The Morgan fingerprint density at radius 1 is 0.824 bits per heavy atom. The molecule has 104 valence electrons. The Morgan fingerprint density at radius 2 is 1.12 bits per heavy atom. The molecule has 0 aromatic carbocycles. The van der Waals surface area contributed by atoms with Crippen LogP contribution in [-0.4, -0.2) is 18.9 Å². The van der Waals surface area contributed by atoms with Crippen molar-refractivity contribution in [2.24, 2.45) is 11.8 Å². The van der Waals surface area contributed by atoms with Crippen LogP contribution in [-0.2, 0) is 20.9 Å². The van der Waals surface area contributed by atoms with Crippen LogP contribution in [0.2, 0.25) is 0 Å². The molecule has 17 heavy (non-hydrogen) atoms. The molecule has 4 heteroatoms. The average Bonchev–Trinajstić information content (AvgIpc) is 1.95. The standard InChI is InChI=1S/C13H29O2PS/c1-10(2)8-12(5)14-16(7,17)15-13(6)9-11(3)4/h10-13H,8-9H2,1-7H3. The molecule has 0 aromatic rings. The predicted molar refractivity (Wildman–Crippen MR) is 80.2 cm³/mol. The molecule has 0 amide bonds. The zero-order valence-corrected chi connectivity index (χ0v) is 14.1. The monoisotopic (exact) mass is 280 g/mol. The van der Waals surface area contributed by atoms with E-state index in [1.54, 1.807) is 0 Å². The summed E-state index contributed by atoms with van der Waals surface area (Å²) in [6, 6.07) is 0. The largest absolute Gasteiger partial charge is 0.326 e. The fourth-order valence-electron chi connectivity index (χ4n) is 2.09. The molecule has 0 rings (SSSR count). The van der Waals surface area contributed by atoms with Crippen LogP contribution >= 0.6 is 6.49 Å². The van der Waals surface area contributed by atoms with E-state index in [0.717, 1.165) is 12.8 Å². The first kappa shape index (κ1) is 17.6. The van der Waals surface area contributed by atoms with E-state index in [0.29, 0.717) is 11.8 Å². The van der Waals surface area contributed by atoms with Gasteiger partial charge < -0.3 is 9.05 Å². The van der Waals surface area contributed by atoms with E-state index in [2.05, 4.69) is 41.5 Å². The van der Waals surface area contributed by atoms with E-state index in [9.17, 15) is 0 Å². The third-order valence-corrected chi connectivity index (χ3v) is 4.35. The lowest BCUT2D eigenvalue weighted by Gasteiger charge is -2.27. The molecule has 0 spiro atoms. The molecule has 0 bridgehead atoms. The van der Waals surface area contributed by atoms with Crippen molar-refractivity contribution in [2.45, 2.75) is 66.6 Å². The van der Waals surface area contributed by atoms with Gasteiger partial charge in [0.05, 0.1) is 12.2 Å². The van der Waals surface area contributed by atoms with Crippen molar-refractivity contribution >= 4 is 18.3 Å². The molecule has 0 aliphatic heterocycles. The summed E-state index contributed by atoms with van der Waals surface area (Å²) in [5.74, 6) is 1.26. The second-order valence-corrected chi connectivity index (χ2v) is 9.82. The summed E-state index contributed by atoms with van der Waals surface area (Å²) in [4.78, 5) is 0. The fourth-order valence-corrected chi connectivity index (χ4v) is 4.50. The van der Waals surface area contributed by atoms with E-state index in [4.69, 9.17) is 20.9 Å². The van der Waals surface area contributed by atoms with Gasteiger partial charge in [0.15, 0.2) is 6.49 Å². The van der Waals surface area contributed by atoms with Crippen molar-refractivity contribution in [2.75, 3.05) is 6.66 Å². The molecule has 2 atom stereocenters. The predicted octanol–water partition coefficient (Wildman–Crippen LogP) is 4.83. The van der Waals surface area contributed by atoms with E-state index >= 15 is 0 Å². The van der Waals surface area contributed by atoms with Crippen molar-refractivity contribution in [3.8, 4) is 0 Å². The molecule has 2 nitrogen and oxygen atoms in total. The van der Waals surface area contributed by atoms with Gasteiger partial charge in [-0.25, -0.2) is 0 Å². The Balaban J connectivity index is 4.14. The Morgan fingerprint density at radius 3 is 1.35 bits per heavy atom. The van der Waals surface area contributed by atoms with Crippen LogP contribution < -0.4 is 0 Å². The SMILES string of the molecule is CC(C)CC(C)OP(C)(=S)OC(C)CC(C)C. The van der Waals surface area contributed by atoms with Crippen molar-refractivity contribution in [1.29, 1.82) is 0 Å². The quantitative estimate of drug-likeness (QED) is 0.593. The summed E-state index contributed by atoms with van der Waals surface area (Å²) in [5.41, 5.74) is 0. The van der Waals surface area contributed by atoms with Crippen LogP contribution in [0, 0.1) is 11.8 Å². The van der Waals surface area contributed by atoms with Crippen LogP contribution in [0.3, 0.4) is 0 Å². The minimum atomic E-state index is -2.08. The first-order valence-electron chi connectivity index (χ1n) is 6.56. The smallest absolute Gasteiger partial charge is 0.186 e. The van der Waals surface area contributed by atoms with Crippen molar-refractivity contribution < 1.29 is 9.05 Å². The van der Waals surface area contributed by atoms with Crippen molar-refractivity contribution in [3.05, 3.63) is 0 Å². The molecule has 0 N–H and O–H groups in total. The van der Waals surface area contributed by atoms with Gasteiger partial charge >= 0.3 is 0 Å². The highest BCUT2D eigenvalue weighted by molar-refractivity contribution is 8.09. The van der Waals surface area contributed by atoms with Gasteiger partial charge in [-0.3, -0.25) is 0 Å². The summed E-state index contributed by atoms with van der Waals surface area (Å²) in [6.45, 7) is 12.8. The highest BCUT2D eigenvalue weighted by Gasteiger charge is 2.20. The van der Waals surface area contributed by atoms with Gasteiger partial charge in [-0.2, -0.15) is 0 Å². The van der Waals surface area contributed by atoms with Gasteiger partial charge in [0.2, 0.25) is 0 Å². The summed E-state index contributed by atoms with van der Waals surface area (Å²) in [6.07, 6.45) is 2.46. The van der Waals surface area contributed by atoms with Gasteiger partial charge in [-0.15, -0.1) is 0 Å². The van der Waals surface area contributed by atoms with Crippen molar-refractivity contribution in [1.82, 2.24) is 0 Å². The summed E-state index contributed by atoms with van der Waals surface area (Å²) in [5, 5.41) is 0. The maximum Gasteiger partial charge on any atom is 0.186 e. The Bertz CT molecular complexity index is 232. The third-order valence-electron chi connectivity index (χ3n) is 2.35. The fraction of sp³-hybridized carbons (Fsp3) is 1.00. The van der Waals surface area contributed by atoms with Crippen LogP contribution in [0.5, 0.6) is 0 Å². The van der Waals surface area contributed by atoms with Crippen LogP contribution in [0.4, 0.5) is 0 Å². The van der Waals surface area contributed by atoms with E-state index < -0.39 is 6.49 Å². The van der Waals surface area contributed by atoms with Gasteiger partial charge in [-0.05, 0) is 50.3 Å². The summed E-state index contributed by atoms with van der Waals surface area (Å²) >= 11 is 5.47. The molecular weight excluding hydrogens is 251 g/mol. The molecule has 0 heterocycles. The van der Waals surface area contributed by atoms with Gasteiger partial charge in [0, 0.05) is 6.66 Å². The second-order valence-electron chi connectivity index (χ2n) is 5.86. The lowest BCUT2D eigenvalue weighted by Crippen LogP contribution is -2.14. The first-order valence-corrected chi connectivity index (χ1v) is 9.65. The molecule has 0 aliphatic rings. The number of hydrogen-bond acceptors (Lipinski definition) is 3. The first-order chi connectivity index (χ1) is 7.62. The van der Waals surface area contributed by atoms with E-state index in [-0.39, 0.29) is 12.2 Å². The van der Waals surface area contributed by atoms with Crippen molar-refractivity contribution in [3.63, 3.8) is 0 Å². The summed E-state index contributed by atoms with van der Waals surface area (Å²) in [7, 11) is 0. The van der Waals surface area contributed by atoms with Gasteiger partial charge in [0.1, 0.15) is 0 Å². The topological polar surface area (TPSA) is 18.5 Å². The maximum atomic E-state index is 5.90. The summed E-state index contributed by atoms with van der Waals surface area (Å²) < 4.78 is 11.8. The van der Waals surface area contributed by atoms with Crippen LogP contribution in [0.15, 0.2) is 0 Å². The maximum absolute atomic E-state index is 5.90. The minimum absolute atomic E-state index is 0.192. The lowest BCUT2D eigenvalue weighted by molar-refractivity contribution is 0.137. The molecule has 0 fully saturated rings. The molecule has 0 saturated carbocycles. The molecular formula is C13H29O2PS. The van der Waals surface area contributed by atoms with Gasteiger partial charge in [0.25, 0.3) is 0 Å². The van der Waals surface area contributed by atoms with Gasteiger partial charge in [-0.1, -0.05) is 27.7 Å². The second kappa shape index (κ2) is 7.89. The van der Waals surface area contributed by atoms with Crippen LogP contribution in [0.1, 0.15) is 54.4 Å².